The molecule has 3 N–H and O–H groups in total. The van der Waals surface area contributed by atoms with E-state index < -0.39 is 0 Å². The SMILES string of the molecule is CCN(Cc1ccncc1)Cc1ccc(C(=O)NN)s1. The van der Waals surface area contributed by atoms with Crippen LogP contribution in [0, 0.1) is 0 Å². The molecule has 20 heavy (non-hydrogen) atoms. The first kappa shape index (κ1) is 14.6. The molecule has 2 aromatic rings. The quantitative estimate of drug-likeness (QED) is 0.483. The summed E-state index contributed by atoms with van der Waals surface area (Å²) in [7, 11) is 0. The smallest absolute Gasteiger partial charge is 0.275 e. The average Bonchev–Trinajstić information content (AvgIpc) is 2.95. The van der Waals surface area contributed by atoms with Crippen molar-refractivity contribution in [3.8, 4) is 0 Å². The van der Waals surface area contributed by atoms with Crippen LogP contribution >= 0.6 is 11.3 Å². The van der Waals surface area contributed by atoms with E-state index in [1.807, 2.05) is 24.3 Å². The molecule has 2 aromatic heterocycles. The van der Waals surface area contributed by atoms with Gasteiger partial charge in [0.15, 0.2) is 0 Å². The highest BCUT2D eigenvalue weighted by Gasteiger charge is 2.10. The van der Waals surface area contributed by atoms with Crippen LogP contribution < -0.4 is 11.3 Å². The lowest BCUT2D eigenvalue weighted by molar-refractivity contribution is 0.0957. The molecular weight excluding hydrogens is 272 g/mol. The second kappa shape index (κ2) is 7.14. The minimum absolute atomic E-state index is 0.238. The highest BCUT2D eigenvalue weighted by atomic mass is 32.1. The van der Waals surface area contributed by atoms with Gasteiger partial charge in [-0.25, -0.2) is 5.84 Å². The topological polar surface area (TPSA) is 71.2 Å². The Morgan fingerprint density at radius 3 is 2.70 bits per heavy atom. The normalized spacial score (nSPS) is 10.8. The van der Waals surface area contributed by atoms with Crippen molar-refractivity contribution >= 4 is 17.2 Å². The zero-order chi connectivity index (χ0) is 14.4. The van der Waals surface area contributed by atoms with Crippen LogP contribution in [-0.4, -0.2) is 22.3 Å². The van der Waals surface area contributed by atoms with Gasteiger partial charge in [-0.3, -0.25) is 20.1 Å². The van der Waals surface area contributed by atoms with Gasteiger partial charge in [0.2, 0.25) is 0 Å². The maximum Gasteiger partial charge on any atom is 0.275 e. The number of hydrogen-bond acceptors (Lipinski definition) is 5. The molecule has 0 unspecified atom stereocenters. The molecule has 0 saturated carbocycles. The van der Waals surface area contributed by atoms with Crippen molar-refractivity contribution in [1.29, 1.82) is 0 Å². The van der Waals surface area contributed by atoms with E-state index >= 15 is 0 Å². The zero-order valence-corrected chi connectivity index (χ0v) is 12.2. The van der Waals surface area contributed by atoms with Crippen LogP contribution in [-0.2, 0) is 13.1 Å². The Labute approximate surface area is 122 Å². The molecule has 2 heterocycles. The Morgan fingerprint density at radius 1 is 1.30 bits per heavy atom. The highest BCUT2D eigenvalue weighted by molar-refractivity contribution is 7.14. The Kier molecular flexibility index (Phi) is 5.23. The number of hydrogen-bond donors (Lipinski definition) is 2. The van der Waals surface area contributed by atoms with E-state index in [1.54, 1.807) is 12.4 Å². The molecule has 0 aliphatic rings. The molecule has 0 spiro atoms. The predicted octanol–water partition coefficient (Wildman–Crippen LogP) is 1.77. The first-order valence-corrected chi connectivity index (χ1v) is 7.25. The van der Waals surface area contributed by atoms with E-state index in [1.165, 1.54) is 16.9 Å². The number of aromatic nitrogens is 1. The fourth-order valence-electron chi connectivity index (χ4n) is 1.90. The highest BCUT2D eigenvalue weighted by Crippen LogP contribution is 2.19. The van der Waals surface area contributed by atoms with Crippen LogP contribution in [0.5, 0.6) is 0 Å². The molecule has 0 aromatic carbocycles. The summed E-state index contributed by atoms with van der Waals surface area (Å²) in [5, 5.41) is 0. The van der Waals surface area contributed by atoms with Crippen molar-refractivity contribution in [2.75, 3.05) is 6.54 Å². The maximum atomic E-state index is 11.4. The molecule has 2 rings (SSSR count). The fourth-order valence-corrected chi connectivity index (χ4v) is 2.86. The summed E-state index contributed by atoms with van der Waals surface area (Å²) in [6.45, 7) is 4.76. The molecule has 0 aliphatic heterocycles. The van der Waals surface area contributed by atoms with Crippen LogP contribution in [0.4, 0.5) is 0 Å². The standard InChI is InChI=1S/C14H18N4OS/c1-2-18(9-11-5-7-16-8-6-11)10-12-3-4-13(20-12)14(19)17-15/h3-8H,2,9-10,15H2,1H3,(H,17,19). The molecule has 5 nitrogen and oxygen atoms in total. The van der Waals surface area contributed by atoms with Crippen LogP contribution in [0.1, 0.15) is 27.0 Å². The number of nitrogen functional groups attached to an aromatic ring is 1. The number of carbonyl (C=O) groups excluding carboxylic acids is 1. The molecule has 0 radical (unpaired) electrons. The summed E-state index contributed by atoms with van der Waals surface area (Å²) >= 11 is 1.47. The van der Waals surface area contributed by atoms with Gasteiger partial charge in [-0.15, -0.1) is 11.3 Å². The van der Waals surface area contributed by atoms with E-state index in [4.69, 9.17) is 5.84 Å². The molecule has 106 valence electrons. The predicted molar refractivity (Wildman–Crippen MR) is 80.0 cm³/mol. The summed E-state index contributed by atoms with van der Waals surface area (Å²) in [6.07, 6.45) is 3.61. The minimum atomic E-state index is -0.238. The molecule has 6 heteroatoms. The minimum Gasteiger partial charge on any atom is -0.294 e. The third-order valence-corrected chi connectivity index (χ3v) is 4.07. The summed E-state index contributed by atoms with van der Waals surface area (Å²) in [4.78, 5) is 19.6. The third kappa shape index (κ3) is 3.86. The maximum absolute atomic E-state index is 11.4. The first-order valence-electron chi connectivity index (χ1n) is 6.44. The van der Waals surface area contributed by atoms with Crippen molar-refractivity contribution in [2.45, 2.75) is 20.0 Å². The number of carbonyl (C=O) groups is 1. The van der Waals surface area contributed by atoms with Crippen molar-refractivity contribution in [3.63, 3.8) is 0 Å². The van der Waals surface area contributed by atoms with Crippen LogP contribution in [0.25, 0.3) is 0 Å². The second-order valence-electron chi connectivity index (χ2n) is 4.40. The van der Waals surface area contributed by atoms with Gasteiger partial charge < -0.3 is 0 Å². The summed E-state index contributed by atoms with van der Waals surface area (Å²) < 4.78 is 0. The summed E-state index contributed by atoms with van der Waals surface area (Å²) in [5.41, 5.74) is 3.39. The van der Waals surface area contributed by atoms with Gasteiger partial charge in [0.1, 0.15) is 0 Å². The van der Waals surface area contributed by atoms with E-state index in [9.17, 15) is 4.79 Å². The number of pyridine rings is 1. The van der Waals surface area contributed by atoms with Crippen LogP contribution in [0.3, 0.4) is 0 Å². The van der Waals surface area contributed by atoms with Crippen LogP contribution in [0.2, 0.25) is 0 Å². The summed E-state index contributed by atoms with van der Waals surface area (Å²) in [5.74, 6) is 4.90. The number of thiophene rings is 1. The van der Waals surface area contributed by atoms with Crippen molar-refractivity contribution in [3.05, 3.63) is 52.0 Å². The Morgan fingerprint density at radius 2 is 2.05 bits per heavy atom. The van der Waals surface area contributed by atoms with Crippen molar-refractivity contribution < 1.29 is 4.79 Å². The number of amides is 1. The Bertz CT molecular complexity index is 555. The van der Waals surface area contributed by atoms with Gasteiger partial charge in [-0.2, -0.15) is 0 Å². The molecule has 0 bridgehead atoms. The molecule has 0 atom stereocenters. The van der Waals surface area contributed by atoms with Gasteiger partial charge in [-0.1, -0.05) is 6.92 Å². The van der Waals surface area contributed by atoms with Gasteiger partial charge >= 0.3 is 0 Å². The van der Waals surface area contributed by atoms with Gasteiger partial charge in [0.05, 0.1) is 4.88 Å². The number of nitrogens with two attached hydrogens (primary N) is 1. The lowest BCUT2D eigenvalue weighted by Crippen LogP contribution is -2.29. The number of rotatable bonds is 6. The molecule has 1 amide bonds. The lowest BCUT2D eigenvalue weighted by atomic mass is 10.2. The van der Waals surface area contributed by atoms with Crippen molar-refractivity contribution in [1.82, 2.24) is 15.3 Å². The lowest BCUT2D eigenvalue weighted by Gasteiger charge is -2.19. The second-order valence-corrected chi connectivity index (χ2v) is 5.57. The molecular formula is C14H18N4OS. The number of hydrazine groups is 1. The largest absolute Gasteiger partial charge is 0.294 e. The first-order chi connectivity index (χ1) is 9.72. The average molecular weight is 290 g/mol. The molecule has 0 saturated heterocycles. The van der Waals surface area contributed by atoms with Crippen LogP contribution in [0.15, 0.2) is 36.7 Å². The van der Waals surface area contributed by atoms with Gasteiger partial charge in [-0.05, 0) is 36.4 Å². The van der Waals surface area contributed by atoms with E-state index in [2.05, 4.69) is 22.2 Å². The van der Waals surface area contributed by atoms with Gasteiger partial charge in [0.25, 0.3) is 5.91 Å². The van der Waals surface area contributed by atoms with E-state index in [-0.39, 0.29) is 5.91 Å². The monoisotopic (exact) mass is 290 g/mol. The van der Waals surface area contributed by atoms with E-state index in [0.29, 0.717) is 4.88 Å². The van der Waals surface area contributed by atoms with E-state index in [0.717, 1.165) is 24.5 Å². The third-order valence-electron chi connectivity index (χ3n) is 3.00. The van der Waals surface area contributed by atoms with Crippen molar-refractivity contribution in [2.24, 2.45) is 5.84 Å². The Balaban J connectivity index is 1.99. The fraction of sp³-hybridized carbons (Fsp3) is 0.286. The molecule has 0 fully saturated rings. The Hall–Kier alpha value is -1.76. The molecule has 0 aliphatic carbocycles. The number of nitrogens with one attached hydrogen (secondary N) is 1. The zero-order valence-electron chi connectivity index (χ0n) is 11.4. The number of nitrogens with zero attached hydrogens (tertiary/aromatic N) is 2. The van der Waals surface area contributed by atoms with Gasteiger partial charge in [0, 0.05) is 30.4 Å². The summed E-state index contributed by atoms with van der Waals surface area (Å²) in [6, 6.07) is 7.82.